The Hall–Kier alpha value is -1.20. The summed E-state index contributed by atoms with van der Waals surface area (Å²) in [7, 11) is 0. The Labute approximate surface area is 93.3 Å². The summed E-state index contributed by atoms with van der Waals surface area (Å²) in [4.78, 5) is 11.7. The van der Waals surface area contributed by atoms with Crippen molar-refractivity contribution in [3.05, 3.63) is 17.5 Å². The average molecular weight is 222 g/mol. The number of aryl methyl sites for hydroxylation is 2. The Balaban J connectivity index is 1.95. The lowest BCUT2D eigenvalue weighted by molar-refractivity contribution is -0.156. The maximum Gasteiger partial charge on any atom is 0.218 e. The summed E-state index contributed by atoms with van der Waals surface area (Å²) in [5.41, 5.74) is 2.02. The molecule has 5 heteroatoms. The Kier molecular flexibility index (Phi) is 2.12. The van der Waals surface area contributed by atoms with Gasteiger partial charge in [-0.15, -0.1) is 0 Å². The molecule has 2 aliphatic heterocycles. The van der Waals surface area contributed by atoms with Crippen molar-refractivity contribution in [2.45, 2.75) is 38.7 Å². The van der Waals surface area contributed by atoms with Crippen LogP contribution in [0.15, 0.2) is 6.07 Å². The van der Waals surface area contributed by atoms with Crippen molar-refractivity contribution in [3.8, 4) is 0 Å². The second kappa shape index (κ2) is 3.40. The third-order valence-corrected chi connectivity index (χ3v) is 3.17. The molecule has 3 rings (SSSR count). The molecule has 2 saturated heterocycles. The first-order valence-corrected chi connectivity index (χ1v) is 5.47. The molecule has 0 radical (unpaired) electrons. The molecule has 0 aliphatic carbocycles. The molecule has 1 unspecified atom stereocenters. The van der Waals surface area contributed by atoms with Gasteiger partial charge in [0, 0.05) is 12.1 Å². The molecule has 2 bridgehead atoms. The highest BCUT2D eigenvalue weighted by Crippen LogP contribution is 2.33. The highest BCUT2D eigenvalue weighted by Gasteiger charge is 2.44. The predicted octanol–water partition coefficient (Wildman–Crippen LogP) is 0.755. The van der Waals surface area contributed by atoms with Gasteiger partial charge >= 0.3 is 0 Å². The summed E-state index contributed by atoms with van der Waals surface area (Å²) >= 11 is 0. The van der Waals surface area contributed by atoms with E-state index in [-0.39, 0.29) is 17.9 Å². The molecule has 5 nitrogen and oxygen atoms in total. The maximum absolute atomic E-state index is 11.7. The van der Waals surface area contributed by atoms with Crippen molar-refractivity contribution < 1.29 is 14.3 Å². The van der Waals surface area contributed by atoms with Crippen LogP contribution in [0.4, 0.5) is 0 Å². The predicted molar refractivity (Wildman–Crippen MR) is 55.0 cm³/mol. The first-order chi connectivity index (χ1) is 7.65. The summed E-state index contributed by atoms with van der Waals surface area (Å²) in [5, 5.41) is 4.41. The van der Waals surface area contributed by atoms with Crippen molar-refractivity contribution in [2.75, 3.05) is 6.61 Å². The van der Waals surface area contributed by atoms with Crippen molar-refractivity contribution in [3.63, 3.8) is 0 Å². The third-order valence-electron chi connectivity index (χ3n) is 3.17. The second-order valence-electron chi connectivity index (χ2n) is 4.45. The molecular weight excluding hydrogens is 208 g/mol. The molecular formula is C11H14N2O3. The number of hydrogen-bond donors (Lipinski definition) is 0. The smallest absolute Gasteiger partial charge is 0.218 e. The highest BCUT2D eigenvalue weighted by atomic mass is 16.7. The van der Waals surface area contributed by atoms with Gasteiger partial charge in [0.2, 0.25) is 6.29 Å². The van der Waals surface area contributed by atoms with E-state index in [1.165, 1.54) is 0 Å². The molecule has 2 aliphatic rings. The van der Waals surface area contributed by atoms with Crippen LogP contribution in [0.1, 0.15) is 23.9 Å². The number of fused-ring (bicyclic) bond motifs is 2. The molecule has 3 heterocycles. The topological polar surface area (TPSA) is 53.4 Å². The number of carbonyl (C=O) groups excluding carboxylic acids is 1. The molecule has 0 aromatic carbocycles. The van der Waals surface area contributed by atoms with Crippen LogP contribution in [0.25, 0.3) is 0 Å². The number of aromatic nitrogens is 2. The van der Waals surface area contributed by atoms with E-state index in [9.17, 15) is 4.79 Å². The van der Waals surface area contributed by atoms with Gasteiger partial charge in [-0.2, -0.15) is 5.10 Å². The van der Waals surface area contributed by atoms with Crippen LogP contribution in [-0.4, -0.2) is 34.6 Å². The standard InChI is InChI=1S/C11H14N2O3/c1-6-3-7(2)13(12-6)8-4-9(14)11-15-5-10(8)16-11/h3,8,10-11H,4-5H2,1-2H3/t8-,10?,11+/m0/s1. The number of hydrogen-bond acceptors (Lipinski definition) is 4. The van der Waals surface area contributed by atoms with E-state index in [2.05, 4.69) is 5.10 Å². The van der Waals surface area contributed by atoms with Gasteiger partial charge in [0.1, 0.15) is 6.10 Å². The van der Waals surface area contributed by atoms with Crippen molar-refractivity contribution in [1.29, 1.82) is 0 Å². The van der Waals surface area contributed by atoms with E-state index in [1.54, 1.807) is 0 Å². The van der Waals surface area contributed by atoms with E-state index in [0.717, 1.165) is 11.4 Å². The van der Waals surface area contributed by atoms with Gasteiger partial charge in [-0.1, -0.05) is 0 Å². The minimum Gasteiger partial charge on any atom is -0.343 e. The largest absolute Gasteiger partial charge is 0.343 e. The fraction of sp³-hybridized carbons (Fsp3) is 0.636. The number of ketones is 1. The Morgan fingerprint density at radius 2 is 2.31 bits per heavy atom. The van der Waals surface area contributed by atoms with Gasteiger partial charge in [0.25, 0.3) is 0 Å². The van der Waals surface area contributed by atoms with Crippen LogP contribution in [0.3, 0.4) is 0 Å². The summed E-state index contributed by atoms with van der Waals surface area (Å²) in [6.07, 6.45) is -0.212. The van der Waals surface area contributed by atoms with Crippen molar-refractivity contribution in [1.82, 2.24) is 9.78 Å². The summed E-state index contributed by atoms with van der Waals surface area (Å²) in [6.45, 7) is 4.43. The first-order valence-electron chi connectivity index (χ1n) is 5.47. The van der Waals surface area contributed by atoms with Gasteiger partial charge in [-0.3, -0.25) is 9.48 Å². The van der Waals surface area contributed by atoms with E-state index >= 15 is 0 Å². The Bertz CT molecular complexity index is 440. The lowest BCUT2D eigenvalue weighted by Gasteiger charge is -2.27. The number of carbonyl (C=O) groups is 1. The van der Waals surface area contributed by atoms with Gasteiger partial charge < -0.3 is 9.47 Å². The van der Waals surface area contributed by atoms with E-state index in [1.807, 2.05) is 24.6 Å². The van der Waals surface area contributed by atoms with Gasteiger partial charge in [0.15, 0.2) is 5.78 Å². The number of nitrogens with zero attached hydrogens (tertiary/aromatic N) is 2. The fourth-order valence-corrected chi connectivity index (χ4v) is 2.45. The number of rotatable bonds is 1. The van der Waals surface area contributed by atoms with Crippen molar-refractivity contribution >= 4 is 5.78 Å². The second-order valence-corrected chi connectivity index (χ2v) is 4.45. The van der Waals surface area contributed by atoms with E-state index in [4.69, 9.17) is 9.47 Å². The first kappa shape index (κ1) is 9.99. The molecule has 0 saturated carbocycles. The molecule has 2 fully saturated rings. The average Bonchev–Trinajstić information content (AvgIpc) is 2.78. The molecule has 1 aromatic heterocycles. The maximum atomic E-state index is 11.7. The summed E-state index contributed by atoms with van der Waals surface area (Å²) in [5.74, 6) is 0.0197. The van der Waals surface area contributed by atoms with E-state index in [0.29, 0.717) is 13.0 Å². The van der Waals surface area contributed by atoms with Gasteiger partial charge in [-0.05, 0) is 19.9 Å². The molecule has 16 heavy (non-hydrogen) atoms. The van der Waals surface area contributed by atoms with Crippen LogP contribution in [0, 0.1) is 13.8 Å². The molecule has 0 spiro atoms. The van der Waals surface area contributed by atoms with Crippen LogP contribution >= 0.6 is 0 Å². The van der Waals surface area contributed by atoms with Crippen molar-refractivity contribution in [2.24, 2.45) is 0 Å². The molecule has 3 atom stereocenters. The van der Waals surface area contributed by atoms with Gasteiger partial charge in [0.05, 0.1) is 18.3 Å². The third kappa shape index (κ3) is 1.39. The van der Waals surface area contributed by atoms with E-state index < -0.39 is 6.29 Å². The zero-order valence-corrected chi connectivity index (χ0v) is 9.34. The van der Waals surface area contributed by atoms with Crippen LogP contribution in [0.5, 0.6) is 0 Å². The SMILES string of the molecule is Cc1cc(C)n([C@H]2CC(=O)[C@@H]3OCC2O3)n1. The van der Waals surface area contributed by atoms with Crippen LogP contribution in [-0.2, 0) is 14.3 Å². The quantitative estimate of drug-likeness (QED) is 0.703. The zero-order valence-electron chi connectivity index (χ0n) is 9.34. The number of Topliss-reactive ketones (excluding diaryl/α,β-unsaturated/α-hetero) is 1. The summed E-state index contributed by atoms with van der Waals surface area (Å²) < 4.78 is 12.7. The zero-order chi connectivity index (χ0) is 11.3. The van der Waals surface area contributed by atoms with Crippen LogP contribution < -0.4 is 0 Å². The fourth-order valence-electron chi connectivity index (χ4n) is 2.45. The Morgan fingerprint density at radius 1 is 1.50 bits per heavy atom. The normalized spacial score (nSPS) is 33.4. The minimum atomic E-state index is -0.627. The Morgan fingerprint density at radius 3 is 3.00 bits per heavy atom. The monoisotopic (exact) mass is 222 g/mol. The lowest BCUT2D eigenvalue weighted by Crippen LogP contribution is -2.37. The van der Waals surface area contributed by atoms with Crippen LogP contribution in [0.2, 0.25) is 0 Å². The minimum absolute atomic E-state index is 0.0139. The molecule has 86 valence electrons. The molecule has 1 aromatic rings. The highest BCUT2D eigenvalue weighted by molar-refractivity contribution is 5.83. The molecule has 0 N–H and O–H groups in total. The van der Waals surface area contributed by atoms with Gasteiger partial charge in [-0.25, -0.2) is 0 Å². The summed E-state index contributed by atoms with van der Waals surface area (Å²) in [6, 6.07) is 1.99. The molecule has 0 amide bonds. The lowest BCUT2D eigenvalue weighted by atomic mass is 10.0. The number of ether oxygens (including phenoxy) is 2.